The Balaban J connectivity index is 2.04. The molecule has 1 fully saturated rings. The third kappa shape index (κ3) is 2.82. The maximum absolute atomic E-state index is 12.1. The van der Waals surface area contributed by atoms with Gasteiger partial charge in [-0.15, -0.1) is 0 Å². The molecule has 1 amide bonds. The fraction of sp³-hybridized carbons (Fsp3) is 0.500. The van der Waals surface area contributed by atoms with Gasteiger partial charge in [0.15, 0.2) is 0 Å². The van der Waals surface area contributed by atoms with Crippen molar-refractivity contribution in [3.05, 3.63) is 24.3 Å². The SMILES string of the molecule is CC1NCCC1C(=O)Nc1cccc(N(C)C)c1. The molecule has 0 aliphatic carbocycles. The maximum atomic E-state index is 12.1. The predicted molar refractivity (Wildman–Crippen MR) is 75.0 cm³/mol. The second kappa shape index (κ2) is 5.40. The summed E-state index contributed by atoms with van der Waals surface area (Å²) in [5.74, 6) is 0.191. The number of carbonyl (C=O) groups is 1. The fourth-order valence-corrected chi connectivity index (χ4v) is 2.31. The van der Waals surface area contributed by atoms with Crippen molar-refractivity contribution in [1.29, 1.82) is 0 Å². The van der Waals surface area contributed by atoms with Crippen LogP contribution in [0.1, 0.15) is 13.3 Å². The molecular weight excluding hydrogens is 226 g/mol. The monoisotopic (exact) mass is 247 g/mol. The Labute approximate surface area is 108 Å². The smallest absolute Gasteiger partial charge is 0.229 e. The molecule has 0 aromatic heterocycles. The first-order chi connectivity index (χ1) is 8.58. The van der Waals surface area contributed by atoms with Crippen molar-refractivity contribution < 1.29 is 4.79 Å². The third-order valence-corrected chi connectivity index (χ3v) is 3.49. The van der Waals surface area contributed by atoms with Crippen molar-refractivity contribution in [2.45, 2.75) is 19.4 Å². The lowest BCUT2D eigenvalue weighted by Crippen LogP contribution is -2.32. The predicted octanol–water partition coefficient (Wildman–Crippen LogP) is 1.69. The van der Waals surface area contributed by atoms with Crippen LogP contribution in [0.3, 0.4) is 0 Å². The normalized spacial score (nSPS) is 22.8. The first-order valence-electron chi connectivity index (χ1n) is 6.39. The van der Waals surface area contributed by atoms with E-state index in [1.807, 2.05) is 43.3 Å². The highest BCUT2D eigenvalue weighted by molar-refractivity contribution is 5.93. The van der Waals surface area contributed by atoms with Gasteiger partial charge in [-0.3, -0.25) is 4.79 Å². The van der Waals surface area contributed by atoms with Crippen LogP contribution in [-0.4, -0.2) is 32.6 Å². The number of nitrogens with one attached hydrogen (secondary N) is 2. The quantitative estimate of drug-likeness (QED) is 0.854. The summed E-state index contributed by atoms with van der Waals surface area (Å²) in [6.45, 7) is 2.99. The van der Waals surface area contributed by atoms with Gasteiger partial charge < -0.3 is 15.5 Å². The van der Waals surface area contributed by atoms with E-state index in [1.165, 1.54) is 0 Å². The molecule has 1 aromatic rings. The van der Waals surface area contributed by atoms with Crippen LogP contribution in [0.4, 0.5) is 11.4 Å². The average molecular weight is 247 g/mol. The second-order valence-corrected chi connectivity index (χ2v) is 5.07. The van der Waals surface area contributed by atoms with Gasteiger partial charge >= 0.3 is 0 Å². The number of benzene rings is 1. The van der Waals surface area contributed by atoms with Gasteiger partial charge in [0.25, 0.3) is 0 Å². The van der Waals surface area contributed by atoms with Gasteiger partial charge in [-0.05, 0) is 38.1 Å². The van der Waals surface area contributed by atoms with Gasteiger partial charge in [-0.2, -0.15) is 0 Å². The van der Waals surface area contributed by atoms with Gasteiger partial charge in [0.05, 0.1) is 5.92 Å². The van der Waals surface area contributed by atoms with Crippen LogP contribution in [0, 0.1) is 5.92 Å². The van der Waals surface area contributed by atoms with Crippen molar-refractivity contribution >= 4 is 17.3 Å². The summed E-state index contributed by atoms with van der Waals surface area (Å²) >= 11 is 0. The van der Waals surface area contributed by atoms with E-state index < -0.39 is 0 Å². The van der Waals surface area contributed by atoms with Crippen LogP contribution < -0.4 is 15.5 Å². The minimum Gasteiger partial charge on any atom is -0.378 e. The van der Waals surface area contributed by atoms with Crippen LogP contribution in [0.2, 0.25) is 0 Å². The van der Waals surface area contributed by atoms with Gasteiger partial charge in [0.2, 0.25) is 5.91 Å². The van der Waals surface area contributed by atoms with E-state index in [0.717, 1.165) is 24.3 Å². The summed E-state index contributed by atoms with van der Waals surface area (Å²) in [6.07, 6.45) is 0.917. The van der Waals surface area contributed by atoms with Crippen LogP contribution in [0.15, 0.2) is 24.3 Å². The minimum absolute atomic E-state index is 0.0769. The first-order valence-corrected chi connectivity index (χ1v) is 6.39. The summed E-state index contributed by atoms with van der Waals surface area (Å²) in [5.41, 5.74) is 1.95. The highest BCUT2D eigenvalue weighted by Crippen LogP contribution is 2.21. The van der Waals surface area contributed by atoms with Crippen molar-refractivity contribution in [3.8, 4) is 0 Å². The molecule has 0 spiro atoms. The lowest BCUT2D eigenvalue weighted by molar-refractivity contribution is -0.119. The Kier molecular flexibility index (Phi) is 3.87. The average Bonchev–Trinajstić information content (AvgIpc) is 2.76. The molecule has 1 aromatic carbocycles. The zero-order valence-electron chi connectivity index (χ0n) is 11.2. The molecule has 98 valence electrons. The van der Waals surface area contributed by atoms with Gasteiger partial charge in [0.1, 0.15) is 0 Å². The van der Waals surface area contributed by atoms with Crippen LogP contribution >= 0.6 is 0 Å². The van der Waals surface area contributed by atoms with E-state index in [1.54, 1.807) is 0 Å². The molecule has 0 bridgehead atoms. The van der Waals surface area contributed by atoms with E-state index in [9.17, 15) is 4.79 Å². The summed E-state index contributed by atoms with van der Waals surface area (Å²) in [7, 11) is 3.98. The van der Waals surface area contributed by atoms with Gasteiger partial charge in [-0.25, -0.2) is 0 Å². The van der Waals surface area contributed by atoms with Crippen molar-refractivity contribution in [3.63, 3.8) is 0 Å². The zero-order chi connectivity index (χ0) is 13.1. The lowest BCUT2D eigenvalue weighted by atomic mass is 10.0. The fourth-order valence-electron chi connectivity index (χ4n) is 2.31. The Bertz CT molecular complexity index is 431. The molecule has 0 radical (unpaired) electrons. The van der Waals surface area contributed by atoms with Crippen molar-refractivity contribution in [2.75, 3.05) is 30.9 Å². The molecule has 18 heavy (non-hydrogen) atoms. The summed E-state index contributed by atoms with van der Waals surface area (Å²) < 4.78 is 0. The zero-order valence-corrected chi connectivity index (χ0v) is 11.2. The Morgan fingerprint density at radius 3 is 2.83 bits per heavy atom. The number of carbonyl (C=O) groups excluding carboxylic acids is 1. The molecule has 1 heterocycles. The Morgan fingerprint density at radius 2 is 2.22 bits per heavy atom. The van der Waals surface area contributed by atoms with E-state index in [0.29, 0.717) is 0 Å². The molecule has 2 unspecified atom stereocenters. The van der Waals surface area contributed by atoms with Crippen molar-refractivity contribution in [1.82, 2.24) is 5.32 Å². The molecule has 2 atom stereocenters. The molecule has 2 N–H and O–H groups in total. The minimum atomic E-state index is 0.0769. The number of amides is 1. The Hall–Kier alpha value is -1.55. The summed E-state index contributed by atoms with van der Waals surface area (Å²) in [4.78, 5) is 14.2. The first kappa shape index (κ1) is 12.9. The van der Waals surface area contributed by atoms with Gasteiger partial charge in [0, 0.05) is 31.5 Å². The third-order valence-electron chi connectivity index (χ3n) is 3.49. The topological polar surface area (TPSA) is 44.4 Å². The lowest BCUT2D eigenvalue weighted by Gasteiger charge is -2.17. The van der Waals surface area contributed by atoms with E-state index in [2.05, 4.69) is 17.6 Å². The van der Waals surface area contributed by atoms with E-state index in [-0.39, 0.29) is 17.9 Å². The van der Waals surface area contributed by atoms with Crippen LogP contribution in [-0.2, 0) is 4.79 Å². The van der Waals surface area contributed by atoms with Crippen molar-refractivity contribution in [2.24, 2.45) is 5.92 Å². The second-order valence-electron chi connectivity index (χ2n) is 5.07. The number of hydrogen-bond acceptors (Lipinski definition) is 3. The standard InChI is InChI=1S/C14H21N3O/c1-10-13(7-8-15-10)14(18)16-11-5-4-6-12(9-11)17(2)3/h4-6,9-10,13,15H,7-8H2,1-3H3,(H,16,18). The number of anilines is 2. The number of hydrogen-bond donors (Lipinski definition) is 2. The van der Waals surface area contributed by atoms with Gasteiger partial charge in [-0.1, -0.05) is 6.07 Å². The molecule has 0 saturated carbocycles. The molecule has 4 nitrogen and oxygen atoms in total. The summed E-state index contributed by atoms with van der Waals surface area (Å²) in [5, 5.41) is 6.30. The van der Waals surface area contributed by atoms with E-state index in [4.69, 9.17) is 0 Å². The van der Waals surface area contributed by atoms with Crippen LogP contribution in [0.5, 0.6) is 0 Å². The highest BCUT2D eigenvalue weighted by Gasteiger charge is 2.29. The van der Waals surface area contributed by atoms with E-state index >= 15 is 0 Å². The Morgan fingerprint density at radius 1 is 1.44 bits per heavy atom. The largest absolute Gasteiger partial charge is 0.378 e. The molecule has 4 heteroatoms. The van der Waals surface area contributed by atoms with Crippen LogP contribution in [0.25, 0.3) is 0 Å². The highest BCUT2D eigenvalue weighted by atomic mass is 16.1. The number of nitrogens with zero attached hydrogens (tertiary/aromatic N) is 1. The molecule has 1 aliphatic heterocycles. The molecule has 1 aliphatic rings. The molecule has 2 rings (SSSR count). The number of rotatable bonds is 3. The molecular formula is C14H21N3O. The summed E-state index contributed by atoms with van der Waals surface area (Å²) in [6, 6.07) is 8.17. The molecule has 1 saturated heterocycles. The maximum Gasteiger partial charge on any atom is 0.229 e.